The first-order valence-electron chi connectivity index (χ1n) is 11.6. The molecule has 0 aliphatic heterocycles. The van der Waals surface area contributed by atoms with Crippen LogP contribution in [0.3, 0.4) is 0 Å². The van der Waals surface area contributed by atoms with Crippen molar-refractivity contribution in [1.82, 2.24) is 20.2 Å². The third-order valence-electron chi connectivity index (χ3n) is 5.48. The van der Waals surface area contributed by atoms with Gasteiger partial charge in [0.25, 0.3) is 0 Å². The molecule has 34 heavy (non-hydrogen) atoms. The molecule has 2 aromatic carbocycles. The van der Waals surface area contributed by atoms with Crippen LogP contribution in [0.2, 0.25) is 0 Å². The lowest BCUT2D eigenvalue weighted by molar-refractivity contribution is -0.161. The Morgan fingerprint density at radius 3 is 2.44 bits per heavy atom. The first-order chi connectivity index (χ1) is 16.2. The SMILES string of the molecule is CCC[C@@H](C(=O)OC(C)(C)C)[C@@H](Cc1ccccc1Br)c1nnn(Cc2ccc(OC)cc2)n1. The standard InChI is InChI=1S/C26H33BrN4O3/c1-6-9-21(25(32)34-26(2,3)4)22(16-19-10-7-8-11-23(19)27)24-28-30-31(29-24)17-18-12-14-20(33-5)15-13-18/h7-8,10-15,21-22H,6,9,16-17H2,1-5H3/t21-,22-/m1/s1. The number of rotatable bonds is 10. The minimum atomic E-state index is -0.569. The maximum absolute atomic E-state index is 13.3. The number of hydrogen-bond acceptors (Lipinski definition) is 6. The summed E-state index contributed by atoms with van der Waals surface area (Å²) in [4.78, 5) is 14.8. The van der Waals surface area contributed by atoms with Gasteiger partial charge in [-0.2, -0.15) is 4.80 Å². The van der Waals surface area contributed by atoms with Crippen LogP contribution in [0, 0.1) is 5.92 Å². The summed E-state index contributed by atoms with van der Waals surface area (Å²) in [6.07, 6.45) is 2.12. The third kappa shape index (κ3) is 7.13. The number of nitrogens with zero attached hydrogens (tertiary/aromatic N) is 4. The number of carbonyl (C=O) groups excluding carboxylic acids is 1. The van der Waals surface area contributed by atoms with Gasteiger partial charge < -0.3 is 9.47 Å². The first kappa shape index (κ1) is 25.9. The fourth-order valence-electron chi connectivity index (χ4n) is 3.85. The summed E-state index contributed by atoms with van der Waals surface area (Å²) >= 11 is 3.64. The minimum absolute atomic E-state index is 0.224. The van der Waals surface area contributed by atoms with E-state index >= 15 is 0 Å². The van der Waals surface area contributed by atoms with Crippen LogP contribution in [-0.2, 0) is 22.5 Å². The number of halogens is 1. The molecule has 0 saturated heterocycles. The van der Waals surface area contributed by atoms with Crippen LogP contribution in [0.4, 0.5) is 0 Å². The zero-order valence-electron chi connectivity index (χ0n) is 20.5. The van der Waals surface area contributed by atoms with Crippen molar-refractivity contribution in [3.05, 3.63) is 70.0 Å². The molecule has 2 atom stereocenters. The molecule has 3 aromatic rings. The van der Waals surface area contributed by atoms with Crippen molar-refractivity contribution in [3.8, 4) is 5.75 Å². The molecule has 1 aromatic heterocycles. The Morgan fingerprint density at radius 2 is 1.82 bits per heavy atom. The molecule has 0 spiro atoms. The lowest BCUT2D eigenvalue weighted by Crippen LogP contribution is -2.33. The second kappa shape index (κ2) is 11.6. The minimum Gasteiger partial charge on any atom is -0.497 e. The highest BCUT2D eigenvalue weighted by Gasteiger charge is 2.35. The normalized spacial score (nSPS) is 13.4. The topological polar surface area (TPSA) is 79.1 Å². The second-order valence-electron chi connectivity index (χ2n) is 9.36. The van der Waals surface area contributed by atoms with Gasteiger partial charge in [-0.1, -0.05) is 59.6 Å². The van der Waals surface area contributed by atoms with Gasteiger partial charge in [-0.3, -0.25) is 4.79 Å². The monoisotopic (exact) mass is 528 g/mol. The fourth-order valence-corrected chi connectivity index (χ4v) is 4.30. The number of aromatic nitrogens is 4. The van der Waals surface area contributed by atoms with Crippen molar-refractivity contribution >= 4 is 21.9 Å². The smallest absolute Gasteiger partial charge is 0.310 e. The van der Waals surface area contributed by atoms with E-state index < -0.39 is 5.60 Å². The van der Waals surface area contributed by atoms with E-state index in [0.29, 0.717) is 25.2 Å². The van der Waals surface area contributed by atoms with Gasteiger partial charge in [-0.25, -0.2) is 0 Å². The highest BCUT2D eigenvalue weighted by molar-refractivity contribution is 9.10. The van der Waals surface area contributed by atoms with E-state index in [1.54, 1.807) is 11.9 Å². The third-order valence-corrected chi connectivity index (χ3v) is 6.25. The Labute approximate surface area is 210 Å². The Kier molecular flexibility index (Phi) is 8.83. The number of hydrogen-bond donors (Lipinski definition) is 0. The van der Waals surface area contributed by atoms with Crippen LogP contribution in [0.25, 0.3) is 0 Å². The molecule has 0 aliphatic carbocycles. The lowest BCUT2D eigenvalue weighted by Gasteiger charge is -2.28. The van der Waals surface area contributed by atoms with Crippen molar-refractivity contribution in [2.45, 2.75) is 65.0 Å². The van der Waals surface area contributed by atoms with Crippen molar-refractivity contribution in [3.63, 3.8) is 0 Å². The largest absolute Gasteiger partial charge is 0.497 e. The van der Waals surface area contributed by atoms with Crippen LogP contribution >= 0.6 is 15.9 Å². The van der Waals surface area contributed by atoms with Crippen LogP contribution < -0.4 is 4.74 Å². The van der Waals surface area contributed by atoms with Gasteiger partial charge in [0.1, 0.15) is 11.4 Å². The summed E-state index contributed by atoms with van der Waals surface area (Å²) in [5.41, 5.74) is 1.55. The van der Waals surface area contributed by atoms with E-state index in [-0.39, 0.29) is 17.8 Å². The molecular formula is C26H33BrN4O3. The van der Waals surface area contributed by atoms with Crippen LogP contribution in [-0.4, -0.2) is 38.9 Å². The highest BCUT2D eigenvalue weighted by atomic mass is 79.9. The second-order valence-corrected chi connectivity index (χ2v) is 10.2. The Morgan fingerprint density at radius 1 is 1.12 bits per heavy atom. The molecule has 0 N–H and O–H groups in total. The van der Waals surface area contributed by atoms with Crippen molar-refractivity contribution < 1.29 is 14.3 Å². The van der Waals surface area contributed by atoms with Gasteiger partial charge in [0.05, 0.1) is 19.6 Å². The lowest BCUT2D eigenvalue weighted by atomic mass is 9.83. The average Bonchev–Trinajstić information content (AvgIpc) is 3.25. The molecule has 0 aliphatic rings. The van der Waals surface area contributed by atoms with E-state index in [1.807, 2.05) is 63.2 Å². The Balaban J connectivity index is 1.92. The summed E-state index contributed by atoms with van der Waals surface area (Å²) < 4.78 is 12.0. The molecule has 0 radical (unpaired) electrons. The zero-order valence-corrected chi connectivity index (χ0v) is 22.1. The highest BCUT2D eigenvalue weighted by Crippen LogP contribution is 2.33. The maximum Gasteiger partial charge on any atom is 0.310 e. The quantitative estimate of drug-likeness (QED) is 0.319. The molecule has 0 saturated carbocycles. The molecule has 7 nitrogen and oxygen atoms in total. The molecule has 0 amide bonds. The van der Waals surface area contributed by atoms with Gasteiger partial charge in [-0.05, 0) is 68.2 Å². The molecule has 182 valence electrons. The summed E-state index contributed by atoms with van der Waals surface area (Å²) in [6, 6.07) is 15.8. The first-order valence-corrected chi connectivity index (χ1v) is 12.4. The van der Waals surface area contributed by atoms with E-state index in [4.69, 9.17) is 14.6 Å². The molecule has 3 rings (SSSR count). The van der Waals surface area contributed by atoms with Crippen molar-refractivity contribution in [1.29, 1.82) is 0 Å². The van der Waals surface area contributed by atoms with Crippen LogP contribution in [0.5, 0.6) is 5.75 Å². The van der Waals surface area contributed by atoms with E-state index in [9.17, 15) is 4.79 Å². The number of benzene rings is 2. The fraction of sp³-hybridized carbons (Fsp3) is 0.462. The van der Waals surface area contributed by atoms with Crippen LogP contribution in [0.1, 0.15) is 63.4 Å². The summed E-state index contributed by atoms with van der Waals surface area (Å²) in [7, 11) is 1.64. The zero-order chi connectivity index (χ0) is 24.7. The van der Waals surface area contributed by atoms with Crippen molar-refractivity contribution in [2.24, 2.45) is 5.92 Å². The predicted octanol–water partition coefficient (Wildman–Crippen LogP) is 5.58. The van der Waals surface area contributed by atoms with Gasteiger partial charge in [0, 0.05) is 10.4 Å². The van der Waals surface area contributed by atoms with E-state index in [0.717, 1.165) is 27.8 Å². The molecule has 0 bridgehead atoms. The van der Waals surface area contributed by atoms with Gasteiger partial charge in [0.2, 0.25) is 0 Å². The van der Waals surface area contributed by atoms with Gasteiger partial charge in [-0.15, -0.1) is 10.2 Å². The van der Waals surface area contributed by atoms with Gasteiger partial charge in [0.15, 0.2) is 5.82 Å². The molecule has 0 fully saturated rings. The Hall–Kier alpha value is -2.74. The molecular weight excluding hydrogens is 496 g/mol. The van der Waals surface area contributed by atoms with Crippen LogP contribution in [0.15, 0.2) is 53.0 Å². The number of tetrazole rings is 1. The van der Waals surface area contributed by atoms with Crippen molar-refractivity contribution in [2.75, 3.05) is 7.11 Å². The summed E-state index contributed by atoms with van der Waals surface area (Å²) in [6.45, 7) is 8.21. The number of ether oxygens (including phenoxy) is 2. The van der Waals surface area contributed by atoms with E-state index in [1.165, 1.54) is 0 Å². The molecule has 8 heteroatoms. The average molecular weight is 529 g/mol. The molecule has 1 heterocycles. The molecule has 0 unspecified atom stereocenters. The number of esters is 1. The maximum atomic E-state index is 13.3. The van der Waals surface area contributed by atoms with Gasteiger partial charge >= 0.3 is 5.97 Å². The summed E-state index contributed by atoms with van der Waals surface area (Å²) in [5, 5.41) is 13.4. The van der Waals surface area contributed by atoms with E-state index in [2.05, 4.69) is 39.2 Å². The predicted molar refractivity (Wildman–Crippen MR) is 135 cm³/mol. The summed E-state index contributed by atoms with van der Waals surface area (Å²) in [5.74, 6) is 0.476. The number of carbonyl (C=O) groups is 1. The Bertz CT molecular complexity index is 1080. The number of methoxy groups -OCH3 is 1.